The van der Waals surface area contributed by atoms with Crippen LogP contribution in [0.5, 0.6) is 0 Å². The molecule has 0 aliphatic carbocycles. The number of fused-ring (bicyclic) bond motifs is 2. The summed E-state index contributed by atoms with van der Waals surface area (Å²) >= 11 is 5.73. The summed E-state index contributed by atoms with van der Waals surface area (Å²) < 4.78 is 56.4. The number of hydroxylamine groups is 2. The predicted octanol–water partition coefficient (Wildman–Crippen LogP) is 2.96. The Hall–Kier alpha value is -2.07. The molecule has 1 spiro atoms. The Bertz CT molecular complexity index is 727. The minimum absolute atomic E-state index is 0.0736. The van der Waals surface area contributed by atoms with Crippen LogP contribution in [0.3, 0.4) is 0 Å². The van der Waals surface area contributed by atoms with Crippen molar-refractivity contribution in [3.63, 3.8) is 0 Å². The number of hydrogen-bond donors (Lipinski definition) is 1. The van der Waals surface area contributed by atoms with E-state index >= 15 is 0 Å². The number of alkyl halides is 3. The molecule has 0 radical (unpaired) electrons. The number of hydrogen-bond acceptors (Lipinski definition) is 5. The average molecular weight is 369 g/mol. The Morgan fingerprint density at radius 3 is 2.79 bits per heavy atom. The van der Waals surface area contributed by atoms with Crippen LogP contribution < -0.4 is 5.32 Å². The molecule has 1 fully saturated rings. The van der Waals surface area contributed by atoms with Crippen molar-refractivity contribution in [2.75, 3.05) is 18.4 Å². The zero-order valence-electron chi connectivity index (χ0n) is 11.7. The van der Waals surface area contributed by atoms with Gasteiger partial charge in [0.25, 0.3) is 0 Å². The van der Waals surface area contributed by atoms with E-state index < -0.39 is 36.2 Å². The maximum absolute atomic E-state index is 14.4. The predicted molar refractivity (Wildman–Crippen MR) is 71.5 cm³/mol. The highest BCUT2D eigenvalue weighted by atomic mass is 35.5. The summed E-state index contributed by atoms with van der Waals surface area (Å²) in [6.07, 6.45) is -6.14. The van der Waals surface area contributed by atoms with Gasteiger partial charge in [0, 0.05) is 13.0 Å². The monoisotopic (exact) mass is 368 g/mol. The SMILES string of the molecule is O=C1Nc2ccc(Cl)c(F)c2[C@]2(CCN(OC(=O)C(F)(F)F)C2)O1. The fraction of sp³-hybridized carbons (Fsp3) is 0.385. The molecule has 0 unspecified atom stereocenters. The second kappa shape index (κ2) is 5.49. The fourth-order valence-corrected chi connectivity index (χ4v) is 2.90. The number of carbonyl (C=O) groups excluding carboxylic acids is 2. The summed E-state index contributed by atoms with van der Waals surface area (Å²) in [6, 6.07) is 2.58. The number of nitrogens with one attached hydrogen (secondary N) is 1. The zero-order chi connectivity index (χ0) is 17.7. The number of benzene rings is 1. The first-order valence-electron chi connectivity index (χ1n) is 6.65. The van der Waals surface area contributed by atoms with Gasteiger partial charge in [0.15, 0.2) is 11.4 Å². The summed E-state index contributed by atoms with van der Waals surface area (Å²) in [7, 11) is 0. The van der Waals surface area contributed by atoms with Gasteiger partial charge < -0.3 is 9.57 Å². The van der Waals surface area contributed by atoms with Gasteiger partial charge >= 0.3 is 18.2 Å². The molecule has 1 aromatic carbocycles. The molecule has 1 N–H and O–H groups in total. The van der Waals surface area contributed by atoms with Crippen molar-refractivity contribution in [2.45, 2.75) is 18.2 Å². The van der Waals surface area contributed by atoms with Crippen LogP contribution in [0.4, 0.5) is 28.0 Å². The lowest BCUT2D eigenvalue weighted by atomic mass is 9.89. The van der Waals surface area contributed by atoms with E-state index in [1.165, 1.54) is 12.1 Å². The molecule has 2 aliphatic heterocycles. The van der Waals surface area contributed by atoms with E-state index in [1.54, 1.807) is 0 Å². The fourth-order valence-electron chi connectivity index (χ4n) is 2.75. The molecule has 0 bridgehead atoms. The first-order valence-corrected chi connectivity index (χ1v) is 7.03. The van der Waals surface area contributed by atoms with E-state index in [4.69, 9.17) is 16.3 Å². The maximum atomic E-state index is 14.4. The van der Waals surface area contributed by atoms with Crippen LogP contribution in [-0.4, -0.2) is 36.4 Å². The number of amides is 1. The third-order valence-electron chi connectivity index (χ3n) is 3.72. The van der Waals surface area contributed by atoms with Crippen molar-refractivity contribution in [1.29, 1.82) is 0 Å². The molecule has 1 aromatic rings. The van der Waals surface area contributed by atoms with Crippen molar-refractivity contribution in [3.8, 4) is 0 Å². The van der Waals surface area contributed by atoms with Gasteiger partial charge in [-0.3, -0.25) is 5.32 Å². The summed E-state index contributed by atoms with van der Waals surface area (Å²) in [5.41, 5.74) is -1.60. The van der Waals surface area contributed by atoms with E-state index in [1.807, 2.05) is 0 Å². The summed E-state index contributed by atoms with van der Waals surface area (Å²) in [5.74, 6) is -3.27. The van der Waals surface area contributed by atoms with Crippen molar-refractivity contribution >= 4 is 29.4 Å². The first-order chi connectivity index (χ1) is 11.1. The van der Waals surface area contributed by atoms with Gasteiger partial charge in [-0.2, -0.15) is 13.2 Å². The molecule has 1 amide bonds. The summed E-state index contributed by atoms with van der Waals surface area (Å²) in [4.78, 5) is 26.8. The molecular formula is C13H9ClF4N2O4. The van der Waals surface area contributed by atoms with Crippen LogP contribution in [0.1, 0.15) is 12.0 Å². The van der Waals surface area contributed by atoms with Crippen LogP contribution in [0.2, 0.25) is 5.02 Å². The van der Waals surface area contributed by atoms with Gasteiger partial charge in [0.2, 0.25) is 0 Å². The summed E-state index contributed by atoms with van der Waals surface area (Å²) in [5, 5.41) is 2.73. The quantitative estimate of drug-likeness (QED) is 0.772. The largest absolute Gasteiger partial charge is 0.492 e. The molecule has 130 valence electrons. The number of ether oxygens (including phenoxy) is 1. The highest BCUT2D eigenvalue weighted by Gasteiger charge is 2.52. The van der Waals surface area contributed by atoms with E-state index in [0.717, 1.165) is 0 Å². The molecule has 0 aromatic heterocycles. The molecular weight excluding hydrogens is 360 g/mol. The second-order valence-electron chi connectivity index (χ2n) is 5.28. The Balaban J connectivity index is 1.92. The van der Waals surface area contributed by atoms with Crippen molar-refractivity contribution in [2.24, 2.45) is 0 Å². The number of rotatable bonds is 1. The lowest BCUT2D eigenvalue weighted by Crippen LogP contribution is -2.43. The molecule has 0 saturated carbocycles. The average Bonchev–Trinajstić information content (AvgIpc) is 2.84. The number of carbonyl (C=O) groups is 2. The topological polar surface area (TPSA) is 67.9 Å². The van der Waals surface area contributed by atoms with Crippen molar-refractivity contribution in [3.05, 3.63) is 28.5 Å². The van der Waals surface area contributed by atoms with Gasteiger partial charge in [0.05, 0.1) is 22.8 Å². The molecule has 3 rings (SSSR count). The van der Waals surface area contributed by atoms with Crippen LogP contribution >= 0.6 is 11.6 Å². The normalized spacial score (nSPS) is 23.6. The molecule has 6 nitrogen and oxygen atoms in total. The minimum atomic E-state index is -5.17. The van der Waals surface area contributed by atoms with E-state index in [0.29, 0.717) is 5.06 Å². The van der Waals surface area contributed by atoms with Crippen LogP contribution in [0.25, 0.3) is 0 Å². The van der Waals surface area contributed by atoms with Gasteiger partial charge in [-0.25, -0.2) is 14.0 Å². The third kappa shape index (κ3) is 2.75. The third-order valence-corrected chi connectivity index (χ3v) is 4.01. The van der Waals surface area contributed by atoms with E-state index in [-0.39, 0.29) is 29.2 Å². The Labute approximate surface area is 137 Å². The van der Waals surface area contributed by atoms with Gasteiger partial charge in [-0.15, -0.1) is 5.06 Å². The minimum Gasteiger partial charge on any atom is -0.436 e. The molecule has 11 heteroatoms. The summed E-state index contributed by atoms with van der Waals surface area (Å²) in [6.45, 7) is -0.632. The molecule has 24 heavy (non-hydrogen) atoms. The molecule has 2 heterocycles. The van der Waals surface area contributed by atoms with Crippen LogP contribution in [0, 0.1) is 5.82 Å². The zero-order valence-corrected chi connectivity index (χ0v) is 12.5. The van der Waals surface area contributed by atoms with Gasteiger partial charge in [0.1, 0.15) is 0 Å². The highest BCUT2D eigenvalue weighted by Crippen LogP contribution is 2.45. The number of anilines is 1. The van der Waals surface area contributed by atoms with Crippen LogP contribution in [0.15, 0.2) is 12.1 Å². The number of halogens is 5. The molecule has 2 aliphatic rings. The van der Waals surface area contributed by atoms with E-state index in [9.17, 15) is 27.2 Å². The highest BCUT2D eigenvalue weighted by molar-refractivity contribution is 6.31. The molecule has 1 atom stereocenters. The van der Waals surface area contributed by atoms with Crippen molar-refractivity contribution < 1.29 is 36.7 Å². The Morgan fingerprint density at radius 2 is 2.12 bits per heavy atom. The van der Waals surface area contributed by atoms with Crippen LogP contribution in [-0.2, 0) is 20.0 Å². The lowest BCUT2D eigenvalue weighted by molar-refractivity contribution is -0.237. The first kappa shape index (κ1) is 16.8. The second-order valence-corrected chi connectivity index (χ2v) is 5.69. The van der Waals surface area contributed by atoms with Gasteiger partial charge in [-0.1, -0.05) is 11.6 Å². The molecule has 1 saturated heterocycles. The van der Waals surface area contributed by atoms with Crippen molar-refractivity contribution in [1.82, 2.24) is 5.06 Å². The lowest BCUT2D eigenvalue weighted by Gasteiger charge is -2.35. The standard InChI is InChI=1S/C13H9ClF4N2O4/c14-6-1-2-7-8(9(6)15)12(23-11(22)19-7)3-4-20(5-12)24-10(21)13(16,17)18/h1-2H,3-5H2,(H,19,22)/t12-/m1/s1. The Morgan fingerprint density at radius 1 is 1.42 bits per heavy atom. The van der Waals surface area contributed by atoms with Gasteiger partial charge in [-0.05, 0) is 12.1 Å². The number of nitrogens with zero attached hydrogens (tertiary/aromatic N) is 1. The Kier molecular flexibility index (Phi) is 3.83. The smallest absolute Gasteiger partial charge is 0.436 e. The maximum Gasteiger partial charge on any atom is 0.492 e. The van der Waals surface area contributed by atoms with E-state index in [2.05, 4.69) is 10.2 Å².